The zero-order valence-electron chi connectivity index (χ0n) is 8.84. The van der Waals surface area contributed by atoms with E-state index in [1.54, 1.807) is 12.1 Å². The maximum atomic E-state index is 11.2. The quantitative estimate of drug-likeness (QED) is 0.269. The van der Waals surface area contributed by atoms with Gasteiger partial charge in [-0.3, -0.25) is 0 Å². The van der Waals surface area contributed by atoms with Crippen LogP contribution in [0.1, 0.15) is 15.9 Å². The van der Waals surface area contributed by atoms with E-state index in [0.717, 1.165) is 5.56 Å². The first-order chi connectivity index (χ1) is 7.67. The summed E-state index contributed by atoms with van der Waals surface area (Å²) in [4.78, 5) is 11.2. The third kappa shape index (κ3) is 3.47. The molecule has 86 valence electrons. The second kappa shape index (κ2) is 6.02. The lowest BCUT2D eigenvalue weighted by Crippen LogP contribution is -2.09. The van der Waals surface area contributed by atoms with Crippen LogP contribution >= 0.6 is 11.8 Å². The highest BCUT2D eigenvalue weighted by molar-refractivity contribution is 8.13. The molecule has 4 N–H and O–H groups in total. The first kappa shape index (κ1) is 12.4. The molecule has 0 aliphatic rings. The fourth-order valence-electron chi connectivity index (χ4n) is 1.05. The number of hydrazone groups is 1. The van der Waals surface area contributed by atoms with E-state index >= 15 is 0 Å². The van der Waals surface area contributed by atoms with Crippen LogP contribution in [-0.2, 0) is 10.5 Å². The number of carbonyl (C=O) groups excluding carboxylic acids is 1. The van der Waals surface area contributed by atoms with Crippen LogP contribution in [0, 0.1) is 0 Å². The van der Waals surface area contributed by atoms with Gasteiger partial charge in [0.1, 0.15) is 0 Å². The molecule has 0 saturated carbocycles. The molecule has 0 unspecified atom stereocenters. The lowest BCUT2D eigenvalue weighted by Gasteiger charge is -2.02. The number of nitrogens with two attached hydrogens (primary N) is 2. The first-order valence-electron chi connectivity index (χ1n) is 4.50. The van der Waals surface area contributed by atoms with Crippen molar-refractivity contribution in [1.82, 2.24) is 0 Å². The van der Waals surface area contributed by atoms with Gasteiger partial charge in [0.25, 0.3) is 0 Å². The van der Waals surface area contributed by atoms with Gasteiger partial charge in [-0.05, 0) is 17.7 Å². The lowest BCUT2D eigenvalue weighted by molar-refractivity contribution is 0.0601. The van der Waals surface area contributed by atoms with Crippen molar-refractivity contribution in [2.24, 2.45) is 16.7 Å². The lowest BCUT2D eigenvalue weighted by atomic mass is 10.1. The summed E-state index contributed by atoms with van der Waals surface area (Å²) >= 11 is 1.34. The van der Waals surface area contributed by atoms with Crippen molar-refractivity contribution in [2.75, 3.05) is 7.11 Å². The normalized spacial score (nSPS) is 11.2. The third-order valence-corrected chi connectivity index (χ3v) is 2.77. The maximum absolute atomic E-state index is 11.2. The Bertz CT molecular complexity index is 390. The topological polar surface area (TPSA) is 90.7 Å². The Morgan fingerprint density at radius 3 is 2.56 bits per heavy atom. The van der Waals surface area contributed by atoms with Crippen LogP contribution in [0.5, 0.6) is 0 Å². The molecule has 0 fully saturated rings. The second-order valence-corrected chi connectivity index (χ2v) is 3.94. The number of rotatable bonds is 3. The first-order valence-corrected chi connectivity index (χ1v) is 5.49. The predicted octanol–water partition coefficient (Wildman–Crippen LogP) is 0.895. The zero-order valence-corrected chi connectivity index (χ0v) is 9.66. The fraction of sp³-hybridized carbons (Fsp3) is 0.200. The van der Waals surface area contributed by atoms with Gasteiger partial charge in [-0.25, -0.2) is 4.79 Å². The molecule has 0 radical (unpaired) electrons. The number of ether oxygens (including phenoxy) is 1. The summed E-state index contributed by atoms with van der Waals surface area (Å²) in [6, 6.07) is 7.08. The maximum Gasteiger partial charge on any atom is 0.337 e. The van der Waals surface area contributed by atoms with Gasteiger partial charge in [0.15, 0.2) is 5.17 Å². The number of amidine groups is 1. The molecule has 1 rings (SSSR count). The molecular formula is C10H13N3O2S. The number of methoxy groups -OCH3 is 1. The van der Waals surface area contributed by atoms with E-state index in [0.29, 0.717) is 16.5 Å². The van der Waals surface area contributed by atoms with E-state index in [4.69, 9.17) is 11.6 Å². The molecule has 0 heterocycles. The molecule has 5 nitrogen and oxygen atoms in total. The van der Waals surface area contributed by atoms with Crippen molar-refractivity contribution in [2.45, 2.75) is 5.75 Å². The van der Waals surface area contributed by atoms with Crippen LogP contribution in [0.2, 0.25) is 0 Å². The number of carbonyl (C=O) groups is 1. The van der Waals surface area contributed by atoms with E-state index in [1.807, 2.05) is 12.1 Å². The standard InChI is InChI=1S/C10H13N3O2S/c1-15-9(14)8-4-2-7(3-5-8)6-16-10(11)13-12/h2-5H,6,12H2,1H3,(H2,11,13). The Morgan fingerprint density at radius 2 is 2.06 bits per heavy atom. The van der Waals surface area contributed by atoms with Gasteiger partial charge < -0.3 is 16.3 Å². The summed E-state index contributed by atoms with van der Waals surface area (Å²) in [6.07, 6.45) is 0. The monoisotopic (exact) mass is 239 g/mol. The van der Waals surface area contributed by atoms with Crippen LogP contribution in [0.25, 0.3) is 0 Å². The summed E-state index contributed by atoms with van der Waals surface area (Å²) in [5, 5.41) is 3.68. The Morgan fingerprint density at radius 1 is 1.44 bits per heavy atom. The van der Waals surface area contributed by atoms with E-state index in [9.17, 15) is 4.79 Å². The van der Waals surface area contributed by atoms with Gasteiger partial charge in [0.05, 0.1) is 12.7 Å². The van der Waals surface area contributed by atoms with Gasteiger partial charge in [0.2, 0.25) is 0 Å². The molecule has 0 aliphatic heterocycles. The smallest absolute Gasteiger partial charge is 0.337 e. The summed E-state index contributed by atoms with van der Waals surface area (Å²) in [5.41, 5.74) is 6.99. The molecule has 0 spiro atoms. The minimum Gasteiger partial charge on any atom is -0.465 e. The number of esters is 1. The summed E-state index contributed by atoms with van der Waals surface area (Å²) in [5.74, 6) is 5.31. The Kier molecular flexibility index (Phi) is 4.65. The number of hydrogen-bond donors (Lipinski definition) is 2. The number of thioether (sulfide) groups is 1. The van der Waals surface area contributed by atoms with Crippen molar-refractivity contribution in [3.05, 3.63) is 35.4 Å². The predicted molar refractivity (Wildman–Crippen MR) is 64.9 cm³/mol. The molecule has 1 aromatic carbocycles. The van der Waals surface area contributed by atoms with Crippen LogP contribution in [0.15, 0.2) is 29.4 Å². The average Bonchev–Trinajstić information content (AvgIpc) is 2.35. The molecule has 0 aliphatic carbocycles. The van der Waals surface area contributed by atoms with Crippen molar-refractivity contribution >= 4 is 22.9 Å². The van der Waals surface area contributed by atoms with Crippen LogP contribution in [-0.4, -0.2) is 18.2 Å². The highest BCUT2D eigenvalue weighted by Gasteiger charge is 2.04. The summed E-state index contributed by atoms with van der Waals surface area (Å²) in [6.45, 7) is 0. The van der Waals surface area contributed by atoms with Crippen molar-refractivity contribution in [1.29, 1.82) is 0 Å². The highest BCUT2D eigenvalue weighted by atomic mass is 32.2. The van der Waals surface area contributed by atoms with E-state index in [-0.39, 0.29) is 5.97 Å². The van der Waals surface area contributed by atoms with Gasteiger partial charge in [-0.1, -0.05) is 23.9 Å². The van der Waals surface area contributed by atoms with Crippen molar-refractivity contribution in [3.63, 3.8) is 0 Å². The van der Waals surface area contributed by atoms with E-state index < -0.39 is 0 Å². The zero-order chi connectivity index (χ0) is 12.0. The van der Waals surface area contributed by atoms with Gasteiger partial charge in [0, 0.05) is 5.75 Å². The largest absolute Gasteiger partial charge is 0.465 e. The van der Waals surface area contributed by atoms with Crippen LogP contribution in [0.4, 0.5) is 0 Å². The SMILES string of the molecule is COC(=O)c1ccc(CSC(N)=NN)cc1. The van der Waals surface area contributed by atoms with Crippen LogP contribution < -0.4 is 11.6 Å². The second-order valence-electron chi connectivity index (χ2n) is 2.94. The molecule has 0 bridgehead atoms. The van der Waals surface area contributed by atoms with Crippen LogP contribution in [0.3, 0.4) is 0 Å². The van der Waals surface area contributed by atoms with Gasteiger partial charge in [-0.2, -0.15) is 5.10 Å². The fourth-order valence-corrected chi connectivity index (χ4v) is 1.63. The molecule has 16 heavy (non-hydrogen) atoms. The van der Waals surface area contributed by atoms with Crippen molar-refractivity contribution < 1.29 is 9.53 Å². The van der Waals surface area contributed by atoms with Gasteiger partial charge in [-0.15, -0.1) is 0 Å². The Hall–Kier alpha value is -1.69. The molecule has 6 heteroatoms. The highest BCUT2D eigenvalue weighted by Crippen LogP contribution is 2.13. The molecule has 0 atom stereocenters. The minimum atomic E-state index is -0.345. The van der Waals surface area contributed by atoms with Gasteiger partial charge >= 0.3 is 5.97 Å². The number of benzene rings is 1. The average molecular weight is 239 g/mol. The summed E-state index contributed by atoms with van der Waals surface area (Å²) < 4.78 is 4.59. The van der Waals surface area contributed by atoms with E-state index in [1.165, 1.54) is 18.9 Å². The number of hydrogen-bond acceptors (Lipinski definition) is 5. The molecule has 0 amide bonds. The Labute approximate surface area is 97.8 Å². The minimum absolute atomic E-state index is 0.331. The third-order valence-electron chi connectivity index (χ3n) is 1.89. The molecule has 0 aromatic heterocycles. The molecule has 0 saturated heterocycles. The van der Waals surface area contributed by atoms with E-state index in [2.05, 4.69) is 9.84 Å². The van der Waals surface area contributed by atoms with Crippen molar-refractivity contribution in [3.8, 4) is 0 Å². The molecule has 1 aromatic rings. The number of nitrogens with zero attached hydrogens (tertiary/aromatic N) is 1. The molecular weight excluding hydrogens is 226 g/mol. The summed E-state index contributed by atoms with van der Waals surface area (Å²) in [7, 11) is 1.35. The Balaban J connectivity index is 2.61.